The molecule has 7 nitrogen and oxygen atoms in total. The van der Waals surface area contributed by atoms with Crippen molar-refractivity contribution in [2.45, 2.75) is 77.8 Å². The van der Waals surface area contributed by atoms with Crippen molar-refractivity contribution < 1.29 is 19.1 Å². The molecule has 1 heterocycles. The largest absolute Gasteiger partial charge is 0.452 e. The van der Waals surface area contributed by atoms with Crippen molar-refractivity contribution in [3.8, 4) is 0 Å². The van der Waals surface area contributed by atoms with E-state index in [2.05, 4.69) is 15.2 Å². The first-order valence-corrected chi connectivity index (χ1v) is 11.1. The minimum atomic E-state index is -0.608. The summed E-state index contributed by atoms with van der Waals surface area (Å²) in [6, 6.07) is 1.52. The molecule has 30 heavy (non-hydrogen) atoms. The van der Waals surface area contributed by atoms with Crippen LogP contribution in [-0.4, -0.2) is 34.6 Å². The molecule has 0 spiro atoms. The van der Waals surface area contributed by atoms with E-state index in [4.69, 9.17) is 4.74 Å². The number of carbonyl (C=O) groups is 3. The predicted molar refractivity (Wildman–Crippen MR) is 112 cm³/mol. The number of hydrogen-bond donors (Lipinski definition) is 2. The van der Waals surface area contributed by atoms with Gasteiger partial charge in [0.2, 0.25) is 0 Å². The lowest BCUT2D eigenvalue weighted by Crippen LogP contribution is -2.62. The van der Waals surface area contributed by atoms with Crippen LogP contribution in [0.2, 0.25) is 0 Å². The zero-order valence-electron chi connectivity index (χ0n) is 18.4. The predicted octanol–water partition coefficient (Wildman–Crippen LogP) is 3.64. The zero-order valence-corrected chi connectivity index (χ0v) is 18.4. The Morgan fingerprint density at radius 1 is 1.10 bits per heavy atom. The number of hydrogen-bond acceptors (Lipinski definition) is 4. The van der Waals surface area contributed by atoms with Gasteiger partial charge in [-0.25, -0.2) is 9.59 Å². The number of aromatic nitrogens is 1. The molecule has 4 aliphatic carbocycles. The summed E-state index contributed by atoms with van der Waals surface area (Å²) >= 11 is 0. The van der Waals surface area contributed by atoms with Gasteiger partial charge in [0, 0.05) is 23.0 Å². The lowest BCUT2D eigenvalue weighted by Gasteiger charge is -2.56. The third-order valence-corrected chi connectivity index (χ3v) is 7.22. The molecule has 0 atom stereocenters. The normalized spacial score (nSPS) is 29.2. The molecular weight excluding hydrogens is 382 g/mol. The first kappa shape index (κ1) is 20.9. The van der Waals surface area contributed by atoms with Gasteiger partial charge in [0.1, 0.15) is 0 Å². The van der Waals surface area contributed by atoms with Gasteiger partial charge in [-0.1, -0.05) is 0 Å². The highest BCUT2D eigenvalue weighted by molar-refractivity contribution is 5.97. The summed E-state index contributed by atoms with van der Waals surface area (Å²) in [4.78, 5) is 37.1. The second-order valence-electron chi connectivity index (χ2n) is 10.0. The number of rotatable bonds is 5. The maximum absolute atomic E-state index is 12.4. The maximum Gasteiger partial charge on any atom is 0.340 e. The molecule has 1 aromatic rings. The van der Waals surface area contributed by atoms with Crippen molar-refractivity contribution in [1.82, 2.24) is 15.2 Å². The van der Waals surface area contributed by atoms with Gasteiger partial charge >= 0.3 is 12.0 Å². The molecule has 0 unspecified atom stereocenters. The minimum absolute atomic E-state index is 0.163. The SMILES string of the molecule is Cc1cc(C(=O)OCC(=O)NC(=O)NC23CC4CC(CC(C4)C2)C3)c(C)n1C(C)C. The van der Waals surface area contributed by atoms with E-state index in [1.54, 1.807) is 6.07 Å². The fraction of sp³-hybridized carbons (Fsp3) is 0.696. The van der Waals surface area contributed by atoms with Gasteiger partial charge in [-0.3, -0.25) is 10.1 Å². The number of nitrogens with one attached hydrogen (secondary N) is 2. The molecule has 0 aliphatic heterocycles. The van der Waals surface area contributed by atoms with E-state index >= 15 is 0 Å². The van der Waals surface area contributed by atoms with Crippen molar-refractivity contribution in [2.24, 2.45) is 17.8 Å². The van der Waals surface area contributed by atoms with E-state index in [-0.39, 0.29) is 11.6 Å². The summed E-state index contributed by atoms with van der Waals surface area (Å²) in [5.41, 5.74) is 2.07. The highest BCUT2D eigenvalue weighted by Crippen LogP contribution is 2.55. The van der Waals surface area contributed by atoms with Crippen LogP contribution in [0, 0.1) is 31.6 Å². The van der Waals surface area contributed by atoms with Gasteiger partial charge in [-0.2, -0.15) is 0 Å². The van der Waals surface area contributed by atoms with E-state index in [0.717, 1.165) is 30.7 Å². The summed E-state index contributed by atoms with van der Waals surface area (Å²) in [6.07, 6.45) is 6.90. The summed E-state index contributed by atoms with van der Waals surface area (Å²) in [7, 11) is 0. The number of carbonyl (C=O) groups excluding carboxylic acids is 3. The number of amides is 3. The molecule has 5 rings (SSSR count). The quantitative estimate of drug-likeness (QED) is 0.719. The second kappa shape index (κ2) is 7.75. The summed E-state index contributed by atoms with van der Waals surface area (Å²) in [6.45, 7) is 7.42. The van der Waals surface area contributed by atoms with Gasteiger partial charge < -0.3 is 14.6 Å². The lowest BCUT2D eigenvalue weighted by atomic mass is 9.53. The molecule has 0 radical (unpaired) electrons. The number of imide groups is 1. The van der Waals surface area contributed by atoms with Crippen LogP contribution in [0.15, 0.2) is 6.07 Å². The van der Waals surface area contributed by atoms with Crippen LogP contribution in [0.25, 0.3) is 0 Å². The molecule has 0 saturated heterocycles. The van der Waals surface area contributed by atoms with Gasteiger partial charge in [0.15, 0.2) is 6.61 Å². The molecule has 2 N–H and O–H groups in total. The minimum Gasteiger partial charge on any atom is -0.452 e. The fourth-order valence-corrected chi connectivity index (χ4v) is 6.69. The third-order valence-electron chi connectivity index (χ3n) is 7.22. The molecule has 4 bridgehead atoms. The molecule has 164 valence electrons. The standard InChI is InChI=1S/C23H33N3O4/c1-13(2)26-14(3)5-19(15(26)4)21(28)30-12-20(27)24-22(29)25-23-9-16-6-17(10-23)8-18(7-16)11-23/h5,13,16-18H,6-12H2,1-4H3,(H2,24,25,27,29). The Kier molecular flexibility index (Phi) is 5.41. The van der Waals surface area contributed by atoms with E-state index in [1.165, 1.54) is 19.3 Å². The van der Waals surface area contributed by atoms with Gasteiger partial charge in [-0.05, 0) is 90.0 Å². The molecule has 0 aromatic carbocycles. The Morgan fingerprint density at radius 3 is 2.17 bits per heavy atom. The van der Waals surface area contributed by atoms with Crippen LogP contribution in [0.5, 0.6) is 0 Å². The molecule has 7 heteroatoms. The smallest absolute Gasteiger partial charge is 0.340 e. The molecule has 3 amide bonds. The monoisotopic (exact) mass is 415 g/mol. The molecule has 4 saturated carbocycles. The number of esters is 1. The second-order valence-corrected chi connectivity index (χ2v) is 10.0. The van der Waals surface area contributed by atoms with Crippen LogP contribution in [0.4, 0.5) is 4.79 Å². The van der Waals surface area contributed by atoms with E-state index < -0.39 is 24.5 Å². The van der Waals surface area contributed by atoms with Crippen molar-refractivity contribution in [2.75, 3.05) is 6.61 Å². The van der Waals surface area contributed by atoms with Gasteiger partial charge in [-0.15, -0.1) is 0 Å². The molecule has 4 aliphatic rings. The van der Waals surface area contributed by atoms with E-state index in [0.29, 0.717) is 23.3 Å². The first-order chi connectivity index (χ1) is 14.2. The van der Waals surface area contributed by atoms with Crippen molar-refractivity contribution >= 4 is 17.9 Å². The maximum atomic E-state index is 12.4. The fourth-order valence-electron chi connectivity index (χ4n) is 6.69. The van der Waals surface area contributed by atoms with E-state index in [9.17, 15) is 14.4 Å². The van der Waals surface area contributed by atoms with Gasteiger partial charge in [0.25, 0.3) is 5.91 Å². The van der Waals surface area contributed by atoms with Gasteiger partial charge in [0.05, 0.1) is 5.56 Å². The first-order valence-electron chi connectivity index (χ1n) is 11.1. The number of aryl methyl sites for hydroxylation is 1. The highest BCUT2D eigenvalue weighted by Gasteiger charge is 2.51. The Labute approximate surface area is 177 Å². The summed E-state index contributed by atoms with van der Waals surface area (Å²) in [5, 5.41) is 5.43. The summed E-state index contributed by atoms with van der Waals surface area (Å²) in [5.74, 6) is 0.962. The van der Waals surface area contributed by atoms with Crippen molar-refractivity contribution in [1.29, 1.82) is 0 Å². The summed E-state index contributed by atoms with van der Waals surface area (Å²) < 4.78 is 7.22. The zero-order chi connectivity index (χ0) is 21.6. The molecule has 1 aromatic heterocycles. The Morgan fingerprint density at radius 2 is 1.67 bits per heavy atom. The topological polar surface area (TPSA) is 89.4 Å². The Bertz CT molecular complexity index is 835. The van der Waals surface area contributed by atoms with E-state index in [1.807, 2.05) is 27.7 Å². The molecule has 4 fully saturated rings. The highest BCUT2D eigenvalue weighted by atomic mass is 16.5. The van der Waals surface area contributed by atoms with Crippen molar-refractivity contribution in [3.05, 3.63) is 23.0 Å². The van der Waals surface area contributed by atoms with Crippen LogP contribution in [0.1, 0.15) is 80.2 Å². The Balaban J connectivity index is 1.28. The van der Waals surface area contributed by atoms with Crippen LogP contribution in [-0.2, 0) is 9.53 Å². The number of ether oxygens (including phenoxy) is 1. The van der Waals surface area contributed by atoms with Crippen molar-refractivity contribution in [3.63, 3.8) is 0 Å². The lowest BCUT2D eigenvalue weighted by molar-refractivity contribution is -0.123. The average molecular weight is 416 g/mol. The van der Waals surface area contributed by atoms with Crippen LogP contribution >= 0.6 is 0 Å². The number of nitrogens with zero attached hydrogens (tertiary/aromatic N) is 1. The molecular formula is C23H33N3O4. The Hall–Kier alpha value is -2.31. The van der Waals surface area contributed by atoms with Crippen LogP contribution in [0.3, 0.4) is 0 Å². The average Bonchev–Trinajstić information content (AvgIpc) is 2.92. The van der Waals surface area contributed by atoms with Crippen LogP contribution < -0.4 is 10.6 Å². The third kappa shape index (κ3) is 3.98. The number of urea groups is 1.